The Labute approximate surface area is 195 Å². The quantitative estimate of drug-likeness (QED) is 0.573. The van der Waals surface area contributed by atoms with E-state index < -0.39 is 21.8 Å². The van der Waals surface area contributed by atoms with Crippen LogP contribution in [0.25, 0.3) is 0 Å². The fourth-order valence-electron chi connectivity index (χ4n) is 3.86. The summed E-state index contributed by atoms with van der Waals surface area (Å²) in [6.07, 6.45) is 2.91. The predicted molar refractivity (Wildman–Crippen MR) is 125 cm³/mol. The van der Waals surface area contributed by atoms with Crippen LogP contribution >= 0.6 is 0 Å². The largest absolute Gasteiger partial charge is 0.497 e. The van der Waals surface area contributed by atoms with Crippen LogP contribution in [0.5, 0.6) is 5.75 Å². The standard InChI is InChI=1S/C24H31N3O5S/c1-18-6-12-22(13-7-18)33(30,31)27-16-4-3-5-20(27)14-15-25-23(28)24(29)26-17-19-8-10-21(32-2)11-9-19/h6-13,20H,3-5,14-17H2,1-2H3,(H,25,28)(H,26,29). The molecule has 0 spiro atoms. The summed E-state index contributed by atoms with van der Waals surface area (Å²) in [7, 11) is -2.03. The maximum Gasteiger partial charge on any atom is 0.309 e. The summed E-state index contributed by atoms with van der Waals surface area (Å²) in [6.45, 7) is 2.81. The minimum absolute atomic E-state index is 0.215. The van der Waals surface area contributed by atoms with Crippen molar-refractivity contribution in [2.45, 2.75) is 50.1 Å². The van der Waals surface area contributed by atoms with Crippen molar-refractivity contribution in [1.82, 2.24) is 14.9 Å². The minimum atomic E-state index is -3.61. The van der Waals surface area contributed by atoms with Crippen molar-refractivity contribution in [2.24, 2.45) is 0 Å². The molecule has 33 heavy (non-hydrogen) atoms. The lowest BCUT2D eigenvalue weighted by atomic mass is 10.0. The molecule has 178 valence electrons. The van der Waals surface area contributed by atoms with Gasteiger partial charge in [-0.2, -0.15) is 4.31 Å². The molecule has 2 N–H and O–H groups in total. The van der Waals surface area contributed by atoms with Crippen LogP contribution in [0.15, 0.2) is 53.4 Å². The fourth-order valence-corrected chi connectivity index (χ4v) is 5.59. The van der Waals surface area contributed by atoms with Crippen LogP contribution < -0.4 is 15.4 Å². The molecule has 0 aromatic heterocycles. The highest BCUT2D eigenvalue weighted by molar-refractivity contribution is 7.89. The van der Waals surface area contributed by atoms with Gasteiger partial charge in [0, 0.05) is 25.7 Å². The Hall–Kier alpha value is -2.91. The molecule has 8 nitrogen and oxygen atoms in total. The Morgan fingerprint density at radius 3 is 2.33 bits per heavy atom. The topological polar surface area (TPSA) is 105 Å². The third-order valence-corrected chi connectivity index (χ3v) is 7.75. The molecule has 1 atom stereocenters. The molecule has 1 aliphatic rings. The van der Waals surface area contributed by atoms with Gasteiger partial charge in [0.15, 0.2) is 0 Å². The number of ether oxygens (including phenoxy) is 1. The molecule has 1 saturated heterocycles. The summed E-state index contributed by atoms with van der Waals surface area (Å²) in [6, 6.07) is 13.8. The van der Waals surface area contributed by atoms with E-state index in [2.05, 4.69) is 10.6 Å². The lowest BCUT2D eigenvalue weighted by Gasteiger charge is -2.34. The van der Waals surface area contributed by atoms with Crippen molar-refractivity contribution < 1.29 is 22.7 Å². The van der Waals surface area contributed by atoms with Crippen molar-refractivity contribution in [3.63, 3.8) is 0 Å². The number of rotatable bonds is 8. The maximum atomic E-state index is 13.1. The summed E-state index contributed by atoms with van der Waals surface area (Å²) in [5.41, 5.74) is 1.84. The monoisotopic (exact) mass is 473 g/mol. The van der Waals surface area contributed by atoms with Crippen LogP contribution in [0.3, 0.4) is 0 Å². The molecular formula is C24H31N3O5S. The first-order chi connectivity index (χ1) is 15.8. The molecule has 1 aliphatic heterocycles. The van der Waals surface area contributed by atoms with Crippen LogP contribution in [-0.2, 0) is 26.2 Å². The van der Waals surface area contributed by atoms with Gasteiger partial charge in [0.2, 0.25) is 10.0 Å². The van der Waals surface area contributed by atoms with E-state index in [1.807, 2.05) is 19.1 Å². The number of aryl methyl sites for hydroxylation is 1. The Morgan fingerprint density at radius 1 is 1.00 bits per heavy atom. The maximum absolute atomic E-state index is 13.1. The molecular weight excluding hydrogens is 442 g/mol. The zero-order valence-corrected chi connectivity index (χ0v) is 19.9. The minimum Gasteiger partial charge on any atom is -0.497 e. The smallest absolute Gasteiger partial charge is 0.309 e. The highest BCUT2D eigenvalue weighted by atomic mass is 32.2. The molecule has 1 fully saturated rings. The van der Waals surface area contributed by atoms with E-state index in [0.717, 1.165) is 30.4 Å². The van der Waals surface area contributed by atoms with Gasteiger partial charge in [0.05, 0.1) is 12.0 Å². The van der Waals surface area contributed by atoms with Crippen LogP contribution in [0.2, 0.25) is 0 Å². The summed E-state index contributed by atoms with van der Waals surface area (Å²) >= 11 is 0. The summed E-state index contributed by atoms with van der Waals surface area (Å²) < 4.78 is 32.9. The number of nitrogens with one attached hydrogen (secondary N) is 2. The first kappa shape index (κ1) is 24.7. The highest BCUT2D eigenvalue weighted by Gasteiger charge is 2.33. The van der Waals surface area contributed by atoms with Crippen LogP contribution in [-0.4, -0.2) is 50.8 Å². The SMILES string of the molecule is COc1ccc(CNC(=O)C(=O)NCCC2CCCCN2S(=O)(=O)c2ccc(C)cc2)cc1. The van der Waals surface area contributed by atoms with Gasteiger partial charge in [-0.3, -0.25) is 9.59 Å². The second-order valence-corrected chi connectivity index (χ2v) is 10.0. The van der Waals surface area contributed by atoms with Gasteiger partial charge in [0.1, 0.15) is 5.75 Å². The third kappa shape index (κ3) is 6.55. The van der Waals surface area contributed by atoms with Crippen molar-refractivity contribution >= 4 is 21.8 Å². The number of hydrogen-bond acceptors (Lipinski definition) is 5. The van der Waals surface area contributed by atoms with E-state index in [4.69, 9.17) is 4.74 Å². The van der Waals surface area contributed by atoms with Gasteiger partial charge in [-0.05, 0) is 56.0 Å². The Kier molecular flexibility index (Phi) is 8.46. The molecule has 3 rings (SSSR count). The summed E-state index contributed by atoms with van der Waals surface area (Å²) in [5.74, 6) is -0.741. The van der Waals surface area contributed by atoms with Crippen molar-refractivity contribution in [3.8, 4) is 5.75 Å². The number of methoxy groups -OCH3 is 1. The highest BCUT2D eigenvalue weighted by Crippen LogP contribution is 2.27. The van der Waals surface area contributed by atoms with E-state index in [-0.39, 0.29) is 24.0 Å². The van der Waals surface area contributed by atoms with Gasteiger partial charge < -0.3 is 15.4 Å². The first-order valence-corrected chi connectivity index (χ1v) is 12.5. The van der Waals surface area contributed by atoms with Crippen LogP contribution in [0, 0.1) is 6.92 Å². The molecule has 2 aromatic rings. The molecule has 0 radical (unpaired) electrons. The molecule has 0 bridgehead atoms. The van der Waals surface area contributed by atoms with E-state index in [1.54, 1.807) is 43.5 Å². The zero-order valence-electron chi connectivity index (χ0n) is 19.0. The van der Waals surface area contributed by atoms with Crippen molar-refractivity contribution in [3.05, 3.63) is 59.7 Å². The lowest BCUT2D eigenvalue weighted by Crippen LogP contribution is -2.46. The number of sulfonamides is 1. The Balaban J connectivity index is 1.50. The molecule has 1 heterocycles. The van der Waals surface area contributed by atoms with Crippen molar-refractivity contribution in [2.75, 3.05) is 20.2 Å². The van der Waals surface area contributed by atoms with Gasteiger partial charge in [0.25, 0.3) is 0 Å². The predicted octanol–water partition coefficient (Wildman–Crippen LogP) is 2.37. The molecule has 1 unspecified atom stereocenters. The summed E-state index contributed by atoms with van der Waals surface area (Å²) in [5, 5.41) is 5.20. The zero-order chi connectivity index (χ0) is 23.8. The third-order valence-electron chi connectivity index (χ3n) is 5.78. The van der Waals surface area contributed by atoms with Gasteiger partial charge >= 0.3 is 11.8 Å². The van der Waals surface area contributed by atoms with Gasteiger partial charge in [-0.1, -0.05) is 36.2 Å². The molecule has 9 heteroatoms. The van der Waals surface area contributed by atoms with Gasteiger partial charge in [-0.15, -0.1) is 0 Å². The number of amides is 2. The first-order valence-electron chi connectivity index (χ1n) is 11.1. The number of carbonyl (C=O) groups is 2. The number of benzene rings is 2. The molecule has 0 saturated carbocycles. The van der Waals surface area contributed by atoms with Crippen molar-refractivity contribution in [1.29, 1.82) is 0 Å². The summed E-state index contributed by atoms with van der Waals surface area (Å²) in [4.78, 5) is 24.5. The Morgan fingerprint density at radius 2 is 1.67 bits per heavy atom. The van der Waals surface area contributed by atoms with E-state index >= 15 is 0 Å². The number of nitrogens with zero attached hydrogens (tertiary/aromatic N) is 1. The van der Waals surface area contributed by atoms with E-state index in [0.29, 0.717) is 18.7 Å². The number of piperidine rings is 1. The van der Waals surface area contributed by atoms with E-state index in [9.17, 15) is 18.0 Å². The average Bonchev–Trinajstić information content (AvgIpc) is 2.83. The Bertz CT molecular complexity index is 1050. The lowest BCUT2D eigenvalue weighted by molar-refractivity contribution is -0.139. The number of carbonyl (C=O) groups excluding carboxylic acids is 2. The van der Waals surface area contributed by atoms with Crippen LogP contribution in [0.4, 0.5) is 0 Å². The molecule has 2 aromatic carbocycles. The van der Waals surface area contributed by atoms with Gasteiger partial charge in [-0.25, -0.2) is 8.42 Å². The number of hydrogen-bond donors (Lipinski definition) is 2. The second kappa shape index (κ2) is 11.3. The second-order valence-electron chi connectivity index (χ2n) is 8.15. The van der Waals surface area contributed by atoms with Crippen LogP contribution in [0.1, 0.15) is 36.8 Å². The molecule has 2 amide bonds. The fraction of sp³-hybridized carbons (Fsp3) is 0.417. The average molecular weight is 474 g/mol. The molecule has 0 aliphatic carbocycles. The normalized spacial score (nSPS) is 16.7. The van der Waals surface area contributed by atoms with E-state index in [1.165, 1.54) is 4.31 Å².